The summed E-state index contributed by atoms with van der Waals surface area (Å²) in [6.07, 6.45) is 0. The zero-order chi connectivity index (χ0) is 21.6. The minimum atomic E-state index is -1.14. The number of nitrogens with one attached hydrogen (secondary N) is 1. The second-order valence-electron chi connectivity index (χ2n) is 8.08. The van der Waals surface area contributed by atoms with E-state index in [9.17, 15) is 9.59 Å². The van der Waals surface area contributed by atoms with Gasteiger partial charge in [0.1, 0.15) is 5.54 Å². The predicted octanol–water partition coefficient (Wildman–Crippen LogP) is 2.62. The Balaban J connectivity index is 1.25. The predicted molar refractivity (Wildman–Crippen MR) is 115 cm³/mol. The van der Waals surface area contributed by atoms with Crippen molar-refractivity contribution in [2.24, 2.45) is 0 Å². The van der Waals surface area contributed by atoms with Crippen LogP contribution >= 0.6 is 11.6 Å². The van der Waals surface area contributed by atoms with E-state index in [1.165, 1.54) is 4.90 Å². The molecular weight excluding hydrogens is 420 g/mol. The molecule has 0 bridgehead atoms. The molecule has 3 amide bonds. The summed E-state index contributed by atoms with van der Waals surface area (Å²) >= 11 is 6.11. The average Bonchev–Trinajstić information content (AvgIpc) is 3.32. The van der Waals surface area contributed by atoms with Crippen LogP contribution in [-0.4, -0.2) is 61.4 Å². The molecule has 1 atom stereocenters. The third-order valence-corrected chi connectivity index (χ3v) is 6.35. The SMILES string of the molecule is C[C@]1(c2ccc3c(c2)OCO3)NC(=O)N(CN2CCN(c3cccc(Cl)c3)CC2)C1=O. The highest BCUT2D eigenvalue weighted by molar-refractivity contribution is 6.30. The van der Waals surface area contributed by atoms with Crippen LogP contribution in [0.1, 0.15) is 12.5 Å². The lowest BCUT2D eigenvalue weighted by Gasteiger charge is -2.37. The summed E-state index contributed by atoms with van der Waals surface area (Å²) in [5.74, 6) is 0.948. The number of rotatable bonds is 4. The topological polar surface area (TPSA) is 74.4 Å². The number of piperazine rings is 1. The van der Waals surface area contributed by atoms with Crippen LogP contribution in [0.3, 0.4) is 0 Å². The normalized spacial score (nSPS) is 23.4. The zero-order valence-electron chi connectivity index (χ0n) is 17.1. The highest BCUT2D eigenvalue weighted by Crippen LogP contribution is 2.38. The van der Waals surface area contributed by atoms with E-state index in [1.807, 2.05) is 24.3 Å². The molecule has 0 aromatic heterocycles. The van der Waals surface area contributed by atoms with Gasteiger partial charge in [-0.15, -0.1) is 0 Å². The van der Waals surface area contributed by atoms with Crippen molar-refractivity contribution in [3.63, 3.8) is 0 Å². The summed E-state index contributed by atoms with van der Waals surface area (Å²) in [4.78, 5) is 31.6. The van der Waals surface area contributed by atoms with E-state index in [2.05, 4.69) is 15.1 Å². The molecule has 2 saturated heterocycles. The van der Waals surface area contributed by atoms with Gasteiger partial charge in [-0.3, -0.25) is 9.69 Å². The quantitative estimate of drug-likeness (QED) is 0.734. The van der Waals surface area contributed by atoms with Gasteiger partial charge in [0.15, 0.2) is 11.5 Å². The molecular formula is C22H23ClN4O4. The maximum Gasteiger partial charge on any atom is 0.326 e. The molecule has 0 radical (unpaired) electrons. The Morgan fingerprint density at radius 3 is 2.58 bits per heavy atom. The molecule has 0 spiro atoms. The molecule has 2 aromatic carbocycles. The van der Waals surface area contributed by atoms with Gasteiger partial charge < -0.3 is 19.7 Å². The molecule has 2 aromatic rings. The van der Waals surface area contributed by atoms with Crippen molar-refractivity contribution in [3.05, 3.63) is 53.1 Å². The van der Waals surface area contributed by atoms with Crippen molar-refractivity contribution < 1.29 is 19.1 Å². The Labute approximate surface area is 185 Å². The lowest BCUT2D eigenvalue weighted by atomic mass is 9.92. The van der Waals surface area contributed by atoms with Gasteiger partial charge in [0.25, 0.3) is 5.91 Å². The van der Waals surface area contributed by atoms with Gasteiger partial charge in [-0.05, 0) is 42.8 Å². The standard InChI is InChI=1S/C22H23ClN4O4/c1-22(15-5-6-18-19(11-15)31-14-30-18)20(28)27(21(29)24-22)13-25-7-9-26(10-8-25)17-4-2-3-16(23)12-17/h2-6,11-12H,7-10,13-14H2,1H3,(H,24,29)/t22-/m1/s1. The highest BCUT2D eigenvalue weighted by Gasteiger charge is 2.49. The highest BCUT2D eigenvalue weighted by atomic mass is 35.5. The molecule has 0 saturated carbocycles. The number of hydrogen-bond donors (Lipinski definition) is 1. The number of imide groups is 1. The monoisotopic (exact) mass is 442 g/mol. The zero-order valence-corrected chi connectivity index (χ0v) is 17.9. The fourth-order valence-electron chi connectivity index (χ4n) is 4.25. The van der Waals surface area contributed by atoms with Crippen LogP contribution in [0.25, 0.3) is 0 Å². The molecule has 0 unspecified atom stereocenters. The number of anilines is 1. The first-order chi connectivity index (χ1) is 14.9. The number of fused-ring (bicyclic) bond motifs is 1. The number of halogens is 1. The van der Waals surface area contributed by atoms with Crippen molar-refractivity contribution >= 4 is 29.2 Å². The van der Waals surface area contributed by atoms with Gasteiger partial charge in [0, 0.05) is 36.9 Å². The summed E-state index contributed by atoms with van der Waals surface area (Å²) in [5.41, 5.74) is 0.613. The summed E-state index contributed by atoms with van der Waals surface area (Å²) < 4.78 is 10.8. The van der Waals surface area contributed by atoms with E-state index in [4.69, 9.17) is 21.1 Å². The molecule has 8 nitrogen and oxygen atoms in total. The molecule has 3 heterocycles. The van der Waals surface area contributed by atoms with Crippen LogP contribution in [0.15, 0.2) is 42.5 Å². The minimum absolute atomic E-state index is 0.156. The van der Waals surface area contributed by atoms with Gasteiger partial charge in [-0.2, -0.15) is 0 Å². The van der Waals surface area contributed by atoms with Crippen LogP contribution in [0.2, 0.25) is 5.02 Å². The third-order valence-electron chi connectivity index (χ3n) is 6.11. The number of hydrogen-bond acceptors (Lipinski definition) is 6. The smallest absolute Gasteiger partial charge is 0.326 e. The summed E-state index contributed by atoms with van der Waals surface area (Å²) in [6.45, 7) is 5.21. The van der Waals surface area contributed by atoms with Gasteiger partial charge in [0.2, 0.25) is 6.79 Å². The van der Waals surface area contributed by atoms with Crippen LogP contribution in [0.4, 0.5) is 10.5 Å². The number of amides is 3. The fourth-order valence-corrected chi connectivity index (χ4v) is 4.43. The summed E-state index contributed by atoms with van der Waals surface area (Å²) in [6, 6.07) is 12.7. The Morgan fingerprint density at radius 1 is 1.03 bits per heavy atom. The van der Waals surface area contributed by atoms with Gasteiger partial charge in [-0.25, -0.2) is 9.69 Å². The van der Waals surface area contributed by atoms with Crippen LogP contribution in [0.5, 0.6) is 11.5 Å². The number of urea groups is 1. The van der Waals surface area contributed by atoms with Crippen LogP contribution in [-0.2, 0) is 10.3 Å². The Bertz CT molecular complexity index is 1040. The number of nitrogens with zero attached hydrogens (tertiary/aromatic N) is 3. The van der Waals surface area contributed by atoms with E-state index in [0.717, 1.165) is 31.9 Å². The second-order valence-corrected chi connectivity index (χ2v) is 8.52. The van der Waals surface area contributed by atoms with E-state index in [1.54, 1.807) is 25.1 Å². The van der Waals surface area contributed by atoms with Crippen molar-refractivity contribution in [2.45, 2.75) is 12.5 Å². The average molecular weight is 443 g/mol. The van der Waals surface area contributed by atoms with Crippen molar-refractivity contribution in [3.8, 4) is 11.5 Å². The van der Waals surface area contributed by atoms with Crippen LogP contribution in [0, 0.1) is 0 Å². The lowest BCUT2D eigenvalue weighted by Crippen LogP contribution is -2.51. The van der Waals surface area contributed by atoms with E-state index >= 15 is 0 Å². The van der Waals surface area contributed by atoms with Gasteiger partial charge >= 0.3 is 6.03 Å². The number of benzene rings is 2. The number of ether oxygens (including phenoxy) is 2. The van der Waals surface area contributed by atoms with Gasteiger partial charge in [0.05, 0.1) is 6.67 Å². The summed E-state index contributed by atoms with van der Waals surface area (Å²) in [5, 5.41) is 3.57. The first kappa shape index (κ1) is 20.0. The van der Waals surface area contributed by atoms with Crippen molar-refractivity contribution in [1.82, 2.24) is 15.1 Å². The molecule has 3 aliphatic heterocycles. The molecule has 1 N–H and O–H groups in total. The summed E-state index contributed by atoms with van der Waals surface area (Å²) in [7, 11) is 0. The molecule has 2 fully saturated rings. The van der Waals surface area contributed by atoms with E-state index in [-0.39, 0.29) is 25.4 Å². The van der Waals surface area contributed by atoms with Crippen molar-refractivity contribution in [1.29, 1.82) is 0 Å². The molecule has 0 aliphatic carbocycles. The van der Waals surface area contributed by atoms with E-state index < -0.39 is 5.54 Å². The number of carbonyl (C=O) groups is 2. The minimum Gasteiger partial charge on any atom is -0.454 e. The molecule has 9 heteroatoms. The van der Waals surface area contributed by atoms with Crippen LogP contribution < -0.4 is 19.7 Å². The first-order valence-electron chi connectivity index (χ1n) is 10.2. The maximum absolute atomic E-state index is 13.3. The van der Waals surface area contributed by atoms with Crippen molar-refractivity contribution in [2.75, 3.05) is 44.5 Å². The fraction of sp³-hybridized carbons (Fsp3) is 0.364. The Kier molecular flexibility index (Phi) is 4.91. The molecule has 3 aliphatic rings. The molecule has 5 rings (SSSR count). The second kappa shape index (κ2) is 7.62. The van der Waals surface area contributed by atoms with Gasteiger partial charge in [-0.1, -0.05) is 23.7 Å². The lowest BCUT2D eigenvalue weighted by molar-refractivity contribution is -0.132. The first-order valence-corrected chi connectivity index (χ1v) is 10.6. The maximum atomic E-state index is 13.3. The largest absolute Gasteiger partial charge is 0.454 e. The molecule has 162 valence electrons. The third kappa shape index (κ3) is 3.55. The Morgan fingerprint density at radius 2 is 1.81 bits per heavy atom. The Hall–Kier alpha value is -2.97. The van der Waals surface area contributed by atoms with E-state index in [0.29, 0.717) is 22.1 Å². The number of carbonyl (C=O) groups excluding carboxylic acids is 2. The molecule has 31 heavy (non-hydrogen) atoms.